The zero-order chi connectivity index (χ0) is 15.0. The summed E-state index contributed by atoms with van der Waals surface area (Å²) < 4.78 is 38.9. The van der Waals surface area contributed by atoms with Crippen LogP contribution in [0.4, 0.5) is 13.2 Å². The number of nitrogens with zero attached hydrogens (tertiary/aromatic N) is 1. The van der Waals surface area contributed by atoms with Crippen LogP contribution < -0.4 is 0 Å². The Balaban J connectivity index is 1.88. The van der Waals surface area contributed by atoms with Crippen LogP contribution in [0.1, 0.15) is 34.8 Å². The molecule has 1 atom stereocenters. The van der Waals surface area contributed by atoms with Gasteiger partial charge in [0, 0.05) is 18.5 Å². The van der Waals surface area contributed by atoms with Crippen molar-refractivity contribution < 1.29 is 18.3 Å². The molecule has 112 valence electrons. The van der Waals surface area contributed by atoms with Crippen molar-refractivity contribution >= 4 is 0 Å². The summed E-state index contributed by atoms with van der Waals surface area (Å²) in [5, 5.41) is 9.61. The van der Waals surface area contributed by atoms with E-state index in [1.165, 1.54) is 12.1 Å². The quantitative estimate of drug-likeness (QED) is 0.895. The maximum absolute atomic E-state index is 13.0. The lowest BCUT2D eigenvalue weighted by molar-refractivity contribution is -0.138. The highest BCUT2D eigenvalue weighted by Gasteiger charge is 2.33. The van der Waals surface area contributed by atoms with Crippen molar-refractivity contribution in [1.82, 2.24) is 9.97 Å². The van der Waals surface area contributed by atoms with Gasteiger partial charge in [0.25, 0.3) is 0 Å². The minimum absolute atomic E-state index is 0.110. The predicted octanol–water partition coefficient (Wildman–Crippen LogP) is 2.87. The van der Waals surface area contributed by atoms with E-state index in [9.17, 15) is 18.3 Å². The third kappa shape index (κ3) is 2.95. The summed E-state index contributed by atoms with van der Waals surface area (Å²) in [4.78, 5) is 7.42. The lowest BCUT2D eigenvalue weighted by Gasteiger charge is -2.15. The number of imidazole rings is 1. The van der Waals surface area contributed by atoms with Crippen LogP contribution in [0.5, 0.6) is 0 Å². The molecular formula is C15H15F3N2O. The number of aromatic amines is 1. The standard InChI is InChI=1S/C15H15F3N2O/c16-15(17,18)11-4-2-1-3-9(11)7-14-19-12-6-5-10(21)8-13(12)20-14/h1-4,10,21H,5-8H2,(H,19,20). The molecule has 0 aliphatic heterocycles. The zero-order valence-corrected chi connectivity index (χ0v) is 11.2. The second-order valence-electron chi connectivity index (χ2n) is 5.34. The van der Waals surface area contributed by atoms with Gasteiger partial charge in [0.05, 0.1) is 17.4 Å². The van der Waals surface area contributed by atoms with Gasteiger partial charge in [-0.1, -0.05) is 18.2 Å². The molecular weight excluding hydrogens is 281 g/mol. The first kappa shape index (κ1) is 14.1. The second-order valence-corrected chi connectivity index (χ2v) is 5.34. The van der Waals surface area contributed by atoms with Crippen molar-refractivity contribution in [2.75, 3.05) is 0 Å². The van der Waals surface area contributed by atoms with Gasteiger partial charge in [-0.05, 0) is 24.5 Å². The van der Waals surface area contributed by atoms with E-state index < -0.39 is 17.8 Å². The number of alkyl halides is 3. The maximum Gasteiger partial charge on any atom is 0.416 e. The number of rotatable bonds is 2. The monoisotopic (exact) mass is 296 g/mol. The van der Waals surface area contributed by atoms with E-state index in [2.05, 4.69) is 9.97 Å². The van der Waals surface area contributed by atoms with Gasteiger partial charge in [-0.25, -0.2) is 4.98 Å². The largest absolute Gasteiger partial charge is 0.416 e. The van der Waals surface area contributed by atoms with E-state index in [-0.39, 0.29) is 12.0 Å². The molecule has 0 fully saturated rings. The number of aryl methyl sites for hydroxylation is 1. The Morgan fingerprint density at radius 1 is 1.29 bits per heavy atom. The summed E-state index contributed by atoms with van der Waals surface area (Å²) >= 11 is 0. The van der Waals surface area contributed by atoms with Gasteiger partial charge in [0.1, 0.15) is 5.82 Å². The SMILES string of the molecule is OC1CCc2nc(Cc3ccccc3C(F)(F)F)[nH]c2C1. The average Bonchev–Trinajstić information content (AvgIpc) is 2.79. The van der Waals surface area contributed by atoms with Crippen LogP contribution in [0, 0.1) is 0 Å². The predicted molar refractivity (Wildman–Crippen MR) is 70.9 cm³/mol. The zero-order valence-electron chi connectivity index (χ0n) is 11.2. The lowest BCUT2D eigenvalue weighted by atomic mass is 9.99. The number of hydrogen-bond acceptors (Lipinski definition) is 2. The molecule has 1 aromatic carbocycles. The molecule has 0 bridgehead atoms. The molecule has 2 aromatic rings. The summed E-state index contributed by atoms with van der Waals surface area (Å²) in [5.41, 5.74) is 1.28. The summed E-state index contributed by atoms with van der Waals surface area (Å²) in [6, 6.07) is 5.54. The number of halogens is 3. The Morgan fingerprint density at radius 2 is 2.05 bits per heavy atom. The number of fused-ring (bicyclic) bond motifs is 1. The van der Waals surface area contributed by atoms with Crippen molar-refractivity contribution in [2.45, 2.75) is 38.0 Å². The minimum atomic E-state index is -4.36. The van der Waals surface area contributed by atoms with E-state index >= 15 is 0 Å². The van der Waals surface area contributed by atoms with Gasteiger partial charge >= 0.3 is 6.18 Å². The van der Waals surface area contributed by atoms with Crippen molar-refractivity contribution in [3.63, 3.8) is 0 Å². The fourth-order valence-electron chi connectivity index (χ4n) is 2.74. The molecule has 3 nitrogen and oxygen atoms in total. The average molecular weight is 296 g/mol. The van der Waals surface area contributed by atoms with Crippen molar-refractivity contribution in [2.24, 2.45) is 0 Å². The summed E-state index contributed by atoms with van der Waals surface area (Å²) in [6.45, 7) is 0. The molecule has 0 amide bonds. The van der Waals surface area contributed by atoms with Crippen molar-refractivity contribution in [3.05, 3.63) is 52.6 Å². The molecule has 6 heteroatoms. The highest BCUT2D eigenvalue weighted by Crippen LogP contribution is 2.32. The number of hydrogen-bond donors (Lipinski definition) is 2. The van der Waals surface area contributed by atoms with E-state index in [0.29, 0.717) is 25.1 Å². The summed E-state index contributed by atoms with van der Waals surface area (Å²) in [7, 11) is 0. The normalized spacial score (nSPS) is 18.6. The Labute approximate surface area is 119 Å². The first-order valence-corrected chi connectivity index (χ1v) is 6.83. The highest BCUT2D eigenvalue weighted by atomic mass is 19.4. The van der Waals surface area contributed by atoms with Crippen LogP contribution in [0.2, 0.25) is 0 Å². The summed E-state index contributed by atoms with van der Waals surface area (Å²) in [5.74, 6) is 0.519. The number of aliphatic hydroxyl groups excluding tert-OH is 1. The molecule has 2 N–H and O–H groups in total. The van der Waals surface area contributed by atoms with Gasteiger partial charge < -0.3 is 10.1 Å². The third-order valence-corrected chi connectivity index (χ3v) is 3.75. The Bertz CT molecular complexity index is 649. The molecule has 21 heavy (non-hydrogen) atoms. The van der Waals surface area contributed by atoms with Gasteiger partial charge in [-0.15, -0.1) is 0 Å². The Hall–Kier alpha value is -1.82. The number of nitrogens with one attached hydrogen (secondary N) is 1. The fraction of sp³-hybridized carbons (Fsp3) is 0.400. The van der Waals surface area contributed by atoms with Gasteiger partial charge in [0.2, 0.25) is 0 Å². The van der Waals surface area contributed by atoms with Crippen LogP contribution in [0.15, 0.2) is 24.3 Å². The molecule has 0 saturated carbocycles. The van der Waals surface area contributed by atoms with Crippen molar-refractivity contribution in [1.29, 1.82) is 0 Å². The van der Waals surface area contributed by atoms with E-state index in [1.54, 1.807) is 6.07 Å². The molecule has 1 heterocycles. The maximum atomic E-state index is 13.0. The second kappa shape index (κ2) is 5.18. The first-order valence-electron chi connectivity index (χ1n) is 6.83. The molecule has 0 spiro atoms. The molecule has 1 aliphatic rings. The smallest absolute Gasteiger partial charge is 0.393 e. The number of benzene rings is 1. The molecule has 0 radical (unpaired) electrons. The van der Waals surface area contributed by atoms with Crippen LogP contribution in [-0.2, 0) is 25.4 Å². The number of H-pyrrole nitrogens is 1. The highest BCUT2D eigenvalue weighted by molar-refractivity contribution is 5.33. The third-order valence-electron chi connectivity index (χ3n) is 3.75. The van der Waals surface area contributed by atoms with Crippen LogP contribution >= 0.6 is 0 Å². The van der Waals surface area contributed by atoms with Crippen molar-refractivity contribution in [3.8, 4) is 0 Å². The first-order chi connectivity index (χ1) is 9.93. The fourth-order valence-corrected chi connectivity index (χ4v) is 2.74. The Kier molecular flexibility index (Phi) is 3.49. The van der Waals surface area contributed by atoms with Gasteiger partial charge in [0.15, 0.2) is 0 Å². The number of aromatic nitrogens is 2. The molecule has 1 aromatic heterocycles. The van der Waals surface area contributed by atoms with Crippen LogP contribution in [0.3, 0.4) is 0 Å². The molecule has 3 rings (SSSR count). The topological polar surface area (TPSA) is 48.9 Å². The van der Waals surface area contributed by atoms with E-state index in [0.717, 1.165) is 17.5 Å². The lowest BCUT2D eigenvalue weighted by Crippen LogP contribution is -2.18. The van der Waals surface area contributed by atoms with Gasteiger partial charge in [-0.2, -0.15) is 13.2 Å². The van der Waals surface area contributed by atoms with Crippen LogP contribution in [0.25, 0.3) is 0 Å². The molecule has 1 unspecified atom stereocenters. The van der Waals surface area contributed by atoms with E-state index in [4.69, 9.17) is 0 Å². The van der Waals surface area contributed by atoms with Gasteiger partial charge in [-0.3, -0.25) is 0 Å². The van der Waals surface area contributed by atoms with E-state index in [1.807, 2.05) is 0 Å². The Morgan fingerprint density at radius 3 is 2.81 bits per heavy atom. The molecule has 1 aliphatic carbocycles. The number of aliphatic hydroxyl groups is 1. The summed E-state index contributed by atoms with van der Waals surface area (Å²) in [6.07, 6.45) is -2.85. The molecule has 0 saturated heterocycles. The van der Waals surface area contributed by atoms with Crippen LogP contribution in [-0.4, -0.2) is 21.2 Å². The minimum Gasteiger partial charge on any atom is -0.393 e.